The molecule has 0 aromatic heterocycles. The Morgan fingerprint density at radius 2 is 0.378 bits per heavy atom. The van der Waals surface area contributed by atoms with E-state index in [2.05, 4.69) is 25.7 Å². The van der Waals surface area contributed by atoms with Crippen molar-refractivity contribution >= 4 is 0 Å². The Hall–Kier alpha value is -0.0400. The molecule has 0 heterocycles. The molecule has 1 heteroatoms. The lowest BCUT2D eigenvalue weighted by atomic mass is 10.1. The van der Waals surface area contributed by atoms with Gasteiger partial charge in [0.15, 0.2) is 0 Å². The summed E-state index contributed by atoms with van der Waals surface area (Å²) in [4.78, 5) is 2.85. The molecule has 37 heavy (non-hydrogen) atoms. The first-order valence-corrected chi connectivity index (χ1v) is 18.1. The highest BCUT2D eigenvalue weighted by Gasteiger charge is 2.13. The van der Waals surface area contributed by atoms with Gasteiger partial charge in [-0.15, -0.1) is 0 Å². The summed E-state index contributed by atoms with van der Waals surface area (Å²) < 4.78 is 0. The van der Waals surface area contributed by atoms with Crippen LogP contribution in [-0.2, 0) is 0 Å². The lowest BCUT2D eigenvalue weighted by molar-refractivity contribution is 0.366. The summed E-state index contributed by atoms with van der Waals surface area (Å²) in [6.07, 6.45) is 43.6. The molecule has 0 aliphatic carbocycles. The van der Waals surface area contributed by atoms with Crippen molar-refractivity contribution in [1.82, 2.24) is 4.90 Å². The van der Waals surface area contributed by atoms with Crippen LogP contribution in [-0.4, -0.2) is 19.6 Å². The second kappa shape index (κ2) is 34.0. The molecule has 0 aliphatic heterocycles. The van der Waals surface area contributed by atoms with Crippen LogP contribution in [0.3, 0.4) is 0 Å². The summed E-state index contributed by atoms with van der Waals surface area (Å²) in [5, 5.41) is 0. The monoisotopic (exact) mass is 522 g/mol. The quantitative estimate of drug-likeness (QED) is 0.0598. The van der Waals surface area contributed by atoms with Crippen LogP contribution in [0.5, 0.6) is 0 Å². The Labute approximate surface area is 237 Å². The van der Waals surface area contributed by atoms with Crippen molar-refractivity contribution < 1.29 is 0 Å². The van der Waals surface area contributed by atoms with E-state index in [4.69, 9.17) is 0 Å². The van der Waals surface area contributed by atoms with Gasteiger partial charge in [0, 0.05) is 19.3 Å². The van der Waals surface area contributed by atoms with Crippen molar-refractivity contribution in [3.05, 3.63) is 0 Å². The van der Waals surface area contributed by atoms with Gasteiger partial charge >= 0.3 is 0 Å². The first-order valence-electron chi connectivity index (χ1n) is 18.1. The van der Waals surface area contributed by atoms with Crippen LogP contribution in [0, 0.1) is 0 Å². The van der Waals surface area contributed by atoms with E-state index in [-0.39, 0.29) is 0 Å². The zero-order chi connectivity index (χ0) is 26.9. The molecule has 1 nitrogen and oxygen atoms in total. The normalized spacial score (nSPS) is 11.7. The average Bonchev–Trinajstić information content (AvgIpc) is 2.91. The minimum absolute atomic E-state index is 1.37. The molecule has 1 radical (unpaired) electrons. The van der Waals surface area contributed by atoms with E-state index >= 15 is 0 Å². The van der Waals surface area contributed by atoms with Gasteiger partial charge in [-0.1, -0.05) is 175 Å². The van der Waals surface area contributed by atoms with Gasteiger partial charge in [-0.25, -0.2) is 0 Å². The topological polar surface area (TPSA) is 5.90 Å². The predicted octanol–water partition coefficient (Wildman–Crippen LogP) is 12.9. The minimum atomic E-state index is 1.37. The van der Waals surface area contributed by atoms with Crippen molar-refractivity contribution in [3.8, 4) is 0 Å². The van der Waals surface area contributed by atoms with Gasteiger partial charge in [0.25, 0.3) is 0 Å². The Morgan fingerprint density at radius 3 is 0.568 bits per heavy atom. The van der Waals surface area contributed by atoms with Crippen LogP contribution in [0.2, 0.25) is 0 Å². The van der Waals surface area contributed by atoms with Crippen LogP contribution in [0.25, 0.3) is 0 Å². The maximum atomic E-state index is 2.85. The third kappa shape index (κ3) is 32.1. The average molecular weight is 522 g/mol. The van der Waals surface area contributed by atoms with E-state index in [1.807, 2.05) is 0 Å². The number of hydrogen-bond acceptors (Lipinski definition) is 1. The molecule has 0 atom stereocenters. The lowest BCUT2D eigenvalue weighted by Crippen LogP contribution is -2.33. The van der Waals surface area contributed by atoms with E-state index in [1.54, 1.807) is 0 Å². The number of unbranched alkanes of at least 4 members (excludes halogenated alkanes) is 27. The van der Waals surface area contributed by atoms with E-state index in [9.17, 15) is 0 Å². The third-order valence-corrected chi connectivity index (χ3v) is 8.48. The maximum absolute atomic E-state index is 2.85. The summed E-state index contributed by atoms with van der Waals surface area (Å²) in [5.41, 5.74) is 0. The molecular weight excluding hydrogens is 446 g/mol. The van der Waals surface area contributed by atoms with E-state index in [0.717, 1.165) is 0 Å². The number of hydrogen-bond donors (Lipinski definition) is 0. The van der Waals surface area contributed by atoms with E-state index in [0.29, 0.717) is 0 Å². The fraction of sp³-hybridized carbons (Fsp3) is 1.00. The standard InChI is InChI=1S/C36H75N/c1-4-7-10-13-16-19-22-25-28-31-34-37(35-32-29-26-23-20-17-14-11-8-5-2)36-33-30-27-24-21-18-15-12-9-6-3/h4-36H2,1-3H3/q+1. The largest absolute Gasteiger partial charge is 0.170 e. The first-order chi connectivity index (χ1) is 18.3. The van der Waals surface area contributed by atoms with Gasteiger partial charge in [0.05, 0.1) is 0 Å². The van der Waals surface area contributed by atoms with Gasteiger partial charge in [-0.3, -0.25) is 0 Å². The molecule has 0 aliphatic rings. The maximum Gasteiger partial charge on any atom is 0.122 e. The second-order valence-corrected chi connectivity index (χ2v) is 12.4. The van der Waals surface area contributed by atoms with Crippen molar-refractivity contribution in [1.29, 1.82) is 0 Å². The van der Waals surface area contributed by atoms with Crippen LogP contribution >= 0.6 is 0 Å². The SMILES string of the molecule is CCCCCCCCCCCC[N+](CCCCCCCCCCCC)CCCCCCCCCCCC. The van der Waals surface area contributed by atoms with Crippen LogP contribution < -0.4 is 4.90 Å². The van der Waals surface area contributed by atoms with Crippen LogP contribution in [0.15, 0.2) is 0 Å². The van der Waals surface area contributed by atoms with Crippen molar-refractivity contribution in [3.63, 3.8) is 0 Å². The third-order valence-electron chi connectivity index (χ3n) is 8.48. The summed E-state index contributed by atoms with van der Waals surface area (Å²) in [6, 6.07) is 0. The van der Waals surface area contributed by atoms with Gasteiger partial charge in [-0.05, 0) is 19.3 Å². The molecule has 223 valence electrons. The lowest BCUT2D eigenvalue weighted by Gasteiger charge is -2.13. The molecule has 0 bridgehead atoms. The molecule has 0 saturated carbocycles. The molecule has 0 fully saturated rings. The van der Waals surface area contributed by atoms with E-state index in [1.165, 1.54) is 212 Å². The summed E-state index contributed by atoms with van der Waals surface area (Å²) in [6.45, 7) is 11.0. The molecule has 0 rings (SSSR count). The molecule has 0 aromatic rings. The van der Waals surface area contributed by atoms with Gasteiger partial charge < -0.3 is 0 Å². The predicted molar refractivity (Wildman–Crippen MR) is 172 cm³/mol. The molecule has 0 unspecified atom stereocenters. The highest BCUT2D eigenvalue weighted by Crippen LogP contribution is 2.14. The molecule has 0 saturated heterocycles. The summed E-state index contributed by atoms with van der Waals surface area (Å²) in [7, 11) is 0. The van der Waals surface area contributed by atoms with Crippen molar-refractivity contribution in [2.75, 3.05) is 19.6 Å². The van der Waals surface area contributed by atoms with Gasteiger partial charge in [0.2, 0.25) is 0 Å². The van der Waals surface area contributed by atoms with Gasteiger partial charge in [-0.2, -0.15) is 4.90 Å². The second-order valence-electron chi connectivity index (χ2n) is 12.4. The molecule has 0 N–H and O–H groups in total. The summed E-state index contributed by atoms with van der Waals surface area (Å²) >= 11 is 0. The Kier molecular flexibility index (Phi) is 34.0. The molecule has 0 spiro atoms. The highest BCUT2D eigenvalue weighted by atomic mass is 15.1. The molecular formula is C36H75N+. The Morgan fingerprint density at radius 1 is 0.216 bits per heavy atom. The zero-order valence-electron chi connectivity index (χ0n) is 26.8. The molecule has 0 aromatic carbocycles. The number of rotatable bonds is 33. The zero-order valence-corrected chi connectivity index (χ0v) is 26.8. The fourth-order valence-electron chi connectivity index (χ4n) is 5.80. The smallest absolute Gasteiger partial charge is 0.122 e. The fourth-order valence-corrected chi connectivity index (χ4v) is 5.80. The number of nitrogens with zero attached hydrogens (tertiary/aromatic N) is 1. The minimum Gasteiger partial charge on any atom is -0.170 e. The van der Waals surface area contributed by atoms with Crippen LogP contribution in [0.4, 0.5) is 0 Å². The Balaban J connectivity index is 3.87. The Bertz CT molecular complexity index is 322. The molecule has 0 amide bonds. The van der Waals surface area contributed by atoms with Crippen molar-refractivity contribution in [2.24, 2.45) is 0 Å². The van der Waals surface area contributed by atoms with Crippen molar-refractivity contribution in [2.45, 2.75) is 213 Å². The van der Waals surface area contributed by atoms with Gasteiger partial charge in [0.1, 0.15) is 19.6 Å². The summed E-state index contributed by atoms with van der Waals surface area (Å²) in [5.74, 6) is 0. The van der Waals surface area contributed by atoms with E-state index < -0.39 is 0 Å². The highest BCUT2D eigenvalue weighted by molar-refractivity contribution is 4.66. The van der Waals surface area contributed by atoms with Crippen LogP contribution in [0.1, 0.15) is 213 Å². The first kappa shape index (κ1) is 37.0.